The van der Waals surface area contributed by atoms with Crippen molar-refractivity contribution in [1.82, 2.24) is 10.6 Å². The van der Waals surface area contributed by atoms with Crippen molar-refractivity contribution in [2.24, 2.45) is 0 Å². The molecule has 2 N–H and O–H groups in total. The summed E-state index contributed by atoms with van der Waals surface area (Å²) in [5, 5.41) is 5.71. The van der Waals surface area contributed by atoms with Gasteiger partial charge >= 0.3 is 0 Å². The molecule has 5 nitrogen and oxygen atoms in total. The summed E-state index contributed by atoms with van der Waals surface area (Å²) >= 11 is 5.92. The van der Waals surface area contributed by atoms with E-state index in [0.717, 1.165) is 11.1 Å². The van der Waals surface area contributed by atoms with Crippen molar-refractivity contribution in [3.8, 4) is 5.75 Å². The Bertz CT molecular complexity index is 480. The summed E-state index contributed by atoms with van der Waals surface area (Å²) in [4.78, 5) is 22.8. The molecular weight excluding hydrogens is 280 g/mol. The molecule has 1 aromatic rings. The Labute approximate surface area is 123 Å². The van der Waals surface area contributed by atoms with Gasteiger partial charge in [0.25, 0.3) is 5.91 Å². The fourth-order valence-corrected chi connectivity index (χ4v) is 2.08. The van der Waals surface area contributed by atoms with E-state index in [9.17, 15) is 9.59 Å². The molecular formula is C14H19ClN2O3. The topological polar surface area (TPSA) is 67.4 Å². The molecule has 20 heavy (non-hydrogen) atoms. The fraction of sp³-hybridized carbons (Fsp3) is 0.429. The molecule has 0 aromatic heterocycles. The molecule has 0 fully saturated rings. The van der Waals surface area contributed by atoms with Gasteiger partial charge in [0.1, 0.15) is 5.75 Å². The Morgan fingerprint density at radius 2 is 1.75 bits per heavy atom. The van der Waals surface area contributed by atoms with E-state index in [2.05, 4.69) is 10.6 Å². The summed E-state index contributed by atoms with van der Waals surface area (Å²) in [5.41, 5.74) is 1.73. The number of nitrogens with one attached hydrogen (secondary N) is 2. The van der Waals surface area contributed by atoms with Crippen LogP contribution in [0.2, 0.25) is 5.02 Å². The fourth-order valence-electron chi connectivity index (χ4n) is 1.75. The highest BCUT2D eigenvalue weighted by Gasteiger charge is 2.09. The average Bonchev–Trinajstić information content (AvgIpc) is 2.35. The first-order valence-electron chi connectivity index (χ1n) is 6.37. The van der Waals surface area contributed by atoms with Gasteiger partial charge in [-0.3, -0.25) is 9.59 Å². The lowest BCUT2D eigenvalue weighted by Gasteiger charge is -2.12. The van der Waals surface area contributed by atoms with E-state index in [1.54, 1.807) is 12.1 Å². The van der Waals surface area contributed by atoms with Crippen LogP contribution in [0, 0.1) is 13.8 Å². The lowest BCUT2D eigenvalue weighted by atomic mass is 10.1. The molecule has 110 valence electrons. The SMILES string of the molecule is CCNC(=O)CNC(=O)COc1c(C)cc(Cl)cc1C. The van der Waals surface area contributed by atoms with Crippen LogP contribution in [0.15, 0.2) is 12.1 Å². The molecule has 0 aliphatic carbocycles. The predicted octanol–water partition coefficient (Wildman–Crippen LogP) is 1.59. The maximum absolute atomic E-state index is 11.6. The number of amides is 2. The lowest BCUT2D eigenvalue weighted by Crippen LogP contribution is -2.38. The zero-order chi connectivity index (χ0) is 15.1. The second kappa shape index (κ2) is 7.75. The van der Waals surface area contributed by atoms with Crippen LogP contribution in [0.3, 0.4) is 0 Å². The maximum atomic E-state index is 11.6. The van der Waals surface area contributed by atoms with E-state index in [4.69, 9.17) is 16.3 Å². The van der Waals surface area contributed by atoms with Crippen molar-refractivity contribution in [1.29, 1.82) is 0 Å². The van der Waals surface area contributed by atoms with Gasteiger partial charge in [0.15, 0.2) is 6.61 Å². The van der Waals surface area contributed by atoms with Gasteiger partial charge in [-0.25, -0.2) is 0 Å². The van der Waals surface area contributed by atoms with Gasteiger partial charge in [-0.1, -0.05) is 11.6 Å². The smallest absolute Gasteiger partial charge is 0.258 e. The summed E-state index contributed by atoms with van der Waals surface area (Å²) in [7, 11) is 0. The minimum atomic E-state index is -0.343. The average molecular weight is 299 g/mol. The van der Waals surface area contributed by atoms with Crippen LogP contribution in [0.25, 0.3) is 0 Å². The van der Waals surface area contributed by atoms with Gasteiger partial charge in [-0.05, 0) is 44.0 Å². The molecule has 0 aliphatic rings. The maximum Gasteiger partial charge on any atom is 0.258 e. The Morgan fingerprint density at radius 1 is 1.15 bits per heavy atom. The number of benzene rings is 1. The van der Waals surface area contributed by atoms with E-state index in [1.165, 1.54) is 0 Å². The van der Waals surface area contributed by atoms with Crippen LogP contribution < -0.4 is 15.4 Å². The second-order valence-corrected chi connectivity index (χ2v) is 4.82. The normalized spacial score (nSPS) is 10.0. The number of hydrogen-bond acceptors (Lipinski definition) is 3. The predicted molar refractivity (Wildman–Crippen MR) is 78.1 cm³/mol. The van der Waals surface area contributed by atoms with Crippen LogP contribution in [0.5, 0.6) is 5.75 Å². The largest absolute Gasteiger partial charge is 0.483 e. The minimum absolute atomic E-state index is 0.0470. The number of rotatable bonds is 6. The number of hydrogen-bond donors (Lipinski definition) is 2. The number of likely N-dealkylation sites (N-methyl/N-ethyl adjacent to an activating group) is 1. The van der Waals surface area contributed by atoms with Crippen LogP contribution in [0.1, 0.15) is 18.1 Å². The summed E-state index contributed by atoms with van der Waals surface area (Å²) < 4.78 is 5.47. The van der Waals surface area contributed by atoms with Gasteiger partial charge in [0.05, 0.1) is 6.54 Å². The first-order chi connectivity index (χ1) is 9.43. The molecule has 1 aromatic carbocycles. The number of carbonyl (C=O) groups is 2. The van der Waals surface area contributed by atoms with Crippen molar-refractivity contribution in [2.45, 2.75) is 20.8 Å². The second-order valence-electron chi connectivity index (χ2n) is 4.39. The van der Waals surface area contributed by atoms with E-state index in [-0.39, 0.29) is 25.0 Å². The quantitative estimate of drug-likeness (QED) is 0.838. The summed E-state index contributed by atoms with van der Waals surface area (Å²) in [6.45, 7) is 5.89. The highest BCUT2D eigenvalue weighted by atomic mass is 35.5. The summed E-state index contributed by atoms with van der Waals surface area (Å²) in [6.07, 6.45) is 0. The van der Waals surface area contributed by atoms with Gasteiger partial charge in [0.2, 0.25) is 5.91 Å². The summed E-state index contributed by atoms with van der Waals surface area (Å²) in [6, 6.07) is 3.55. The molecule has 0 radical (unpaired) electrons. The molecule has 1 rings (SSSR count). The van der Waals surface area contributed by atoms with Gasteiger partial charge in [-0.15, -0.1) is 0 Å². The zero-order valence-electron chi connectivity index (χ0n) is 11.9. The Kier molecular flexibility index (Phi) is 6.31. The molecule has 6 heteroatoms. The zero-order valence-corrected chi connectivity index (χ0v) is 12.6. The number of halogens is 1. The molecule has 0 atom stereocenters. The van der Waals surface area contributed by atoms with Gasteiger partial charge in [-0.2, -0.15) is 0 Å². The molecule has 0 spiro atoms. The standard InChI is InChI=1S/C14H19ClN2O3/c1-4-16-12(18)7-17-13(19)8-20-14-9(2)5-11(15)6-10(14)3/h5-6H,4,7-8H2,1-3H3,(H,16,18)(H,17,19). The van der Waals surface area contributed by atoms with Crippen molar-refractivity contribution < 1.29 is 14.3 Å². The van der Waals surface area contributed by atoms with E-state index in [0.29, 0.717) is 17.3 Å². The Balaban J connectivity index is 2.47. The van der Waals surface area contributed by atoms with Crippen molar-refractivity contribution in [2.75, 3.05) is 19.7 Å². The highest BCUT2D eigenvalue weighted by molar-refractivity contribution is 6.30. The van der Waals surface area contributed by atoms with Gasteiger partial charge in [0, 0.05) is 11.6 Å². The number of aryl methyl sites for hydroxylation is 2. The van der Waals surface area contributed by atoms with Crippen molar-refractivity contribution >= 4 is 23.4 Å². The van der Waals surface area contributed by atoms with Crippen LogP contribution >= 0.6 is 11.6 Å². The molecule has 2 amide bonds. The highest BCUT2D eigenvalue weighted by Crippen LogP contribution is 2.26. The number of ether oxygens (including phenoxy) is 1. The monoisotopic (exact) mass is 298 g/mol. The number of carbonyl (C=O) groups excluding carboxylic acids is 2. The third-order valence-electron chi connectivity index (χ3n) is 2.59. The Morgan fingerprint density at radius 3 is 2.30 bits per heavy atom. The van der Waals surface area contributed by atoms with Crippen LogP contribution in [0.4, 0.5) is 0 Å². The molecule has 0 bridgehead atoms. The Hall–Kier alpha value is -1.75. The molecule has 0 unspecified atom stereocenters. The van der Waals surface area contributed by atoms with Crippen molar-refractivity contribution in [3.05, 3.63) is 28.3 Å². The molecule has 0 saturated carbocycles. The van der Waals surface area contributed by atoms with E-state index in [1.807, 2.05) is 20.8 Å². The van der Waals surface area contributed by atoms with Gasteiger partial charge < -0.3 is 15.4 Å². The lowest BCUT2D eigenvalue weighted by molar-refractivity contribution is -0.127. The van der Waals surface area contributed by atoms with E-state index < -0.39 is 0 Å². The molecule has 0 heterocycles. The minimum Gasteiger partial charge on any atom is -0.483 e. The van der Waals surface area contributed by atoms with Crippen LogP contribution in [-0.2, 0) is 9.59 Å². The third-order valence-corrected chi connectivity index (χ3v) is 2.81. The third kappa shape index (κ3) is 5.09. The van der Waals surface area contributed by atoms with Crippen molar-refractivity contribution in [3.63, 3.8) is 0 Å². The molecule has 0 aliphatic heterocycles. The first kappa shape index (κ1) is 16.3. The van der Waals surface area contributed by atoms with E-state index >= 15 is 0 Å². The molecule has 0 saturated heterocycles. The first-order valence-corrected chi connectivity index (χ1v) is 6.74. The van der Waals surface area contributed by atoms with Crippen LogP contribution in [-0.4, -0.2) is 31.5 Å². The summed E-state index contributed by atoms with van der Waals surface area (Å²) in [5.74, 6) is 0.0762.